The molecule has 0 amide bonds. The van der Waals surface area contributed by atoms with Gasteiger partial charge in [0.25, 0.3) is 0 Å². The van der Waals surface area contributed by atoms with Crippen molar-refractivity contribution in [3.63, 3.8) is 0 Å². The molecule has 2 aromatic carbocycles. The Morgan fingerprint density at radius 2 is 1.55 bits per heavy atom. The van der Waals surface area contributed by atoms with Crippen molar-refractivity contribution >= 4 is 15.9 Å². The fourth-order valence-electron chi connectivity index (χ4n) is 2.51. The fraction of sp³-hybridized carbons (Fsp3) is 0.294. The second-order valence-corrected chi connectivity index (χ2v) is 6.26. The summed E-state index contributed by atoms with van der Waals surface area (Å²) in [5, 5.41) is 0. The lowest BCUT2D eigenvalue weighted by molar-refractivity contribution is 0.632. The first-order chi connectivity index (χ1) is 9.43. The normalized spacial score (nSPS) is 12.5. The molecule has 0 saturated carbocycles. The van der Waals surface area contributed by atoms with E-state index < -0.39 is 0 Å². The first-order valence-electron chi connectivity index (χ1n) is 6.74. The number of halogens is 1. The summed E-state index contributed by atoms with van der Waals surface area (Å²) in [7, 11) is 0. The van der Waals surface area contributed by atoms with Gasteiger partial charge in [-0.25, -0.2) is 5.43 Å². The molecule has 0 fully saturated rings. The number of nitrogens with one attached hydrogen (secondary N) is 1. The maximum Gasteiger partial charge on any atom is 0.0712 e. The van der Waals surface area contributed by atoms with Crippen LogP contribution in [0, 0.1) is 27.7 Å². The van der Waals surface area contributed by atoms with Crippen molar-refractivity contribution in [2.75, 3.05) is 0 Å². The van der Waals surface area contributed by atoms with E-state index in [0.717, 1.165) is 4.47 Å². The molecular formula is C17H21BrN2. The summed E-state index contributed by atoms with van der Waals surface area (Å²) in [5.41, 5.74) is 10.4. The predicted molar refractivity (Wildman–Crippen MR) is 88.7 cm³/mol. The third-order valence-electron chi connectivity index (χ3n) is 3.88. The molecule has 2 nitrogen and oxygen atoms in total. The van der Waals surface area contributed by atoms with E-state index in [-0.39, 0.29) is 6.04 Å². The quantitative estimate of drug-likeness (QED) is 0.651. The monoisotopic (exact) mass is 332 g/mol. The minimum absolute atomic E-state index is 0.0149. The van der Waals surface area contributed by atoms with Crippen LogP contribution in [0.3, 0.4) is 0 Å². The summed E-state index contributed by atoms with van der Waals surface area (Å²) in [6.45, 7) is 8.51. The average Bonchev–Trinajstić information content (AvgIpc) is 2.40. The van der Waals surface area contributed by atoms with Crippen LogP contribution >= 0.6 is 15.9 Å². The number of aryl methyl sites for hydroxylation is 4. The first-order valence-corrected chi connectivity index (χ1v) is 7.53. The van der Waals surface area contributed by atoms with Crippen LogP contribution < -0.4 is 11.3 Å². The van der Waals surface area contributed by atoms with E-state index >= 15 is 0 Å². The van der Waals surface area contributed by atoms with E-state index in [1.165, 1.54) is 33.4 Å². The molecule has 0 aliphatic heterocycles. The van der Waals surface area contributed by atoms with Gasteiger partial charge in [0, 0.05) is 4.47 Å². The molecule has 1 atom stereocenters. The van der Waals surface area contributed by atoms with E-state index in [4.69, 9.17) is 5.84 Å². The Hall–Kier alpha value is -1.16. The Balaban J connectivity index is 2.52. The molecule has 0 radical (unpaired) electrons. The van der Waals surface area contributed by atoms with E-state index in [9.17, 15) is 0 Å². The van der Waals surface area contributed by atoms with Crippen molar-refractivity contribution in [2.24, 2.45) is 5.84 Å². The summed E-state index contributed by atoms with van der Waals surface area (Å²) in [6, 6.07) is 10.8. The Labute approximate surface area is 129 Å². The van der Waals surface area contributed by atoms with Crippen molar-refractivity contribution in [2.45, 2.75) is 33.7 Å². The number of benzene rings is 2. The molecule has 0 aliphatic carbocycles. The lowest BCUT2D eigenvalue weighted by Crippen LogP contribution is -2.29. The van der Waals surface area contributed by atoms with Crippen LogP contribution in [-0.4, -0.2) is 0 Å². The first kappa shape index (κ1) is 15.2. The van der Waals surface area contributed by atoms with E-state index in [1.807, 2.05) is 0 Å². The third kappa shape index (κ3) is 2.95. The van der Waals surface area contributed by atoms with Gasteiger partial charge in [-0.3, -0.25) is 5.84 Å². The minimum atomic E-state index is 0.0149. The van der Waals surface area contributed by atoms with Crippen molar-refractivity contribution < 1.29 is 0 Å². The molecule has 0 aliphatic rings. The molecule has 0 saturated heterocycles. The Bertz CT molecular complexity index is 635. The molecule has 20 heavy (non-hydrogen) atoms. The van der Waals surface area contributed by atoms with Crippen LogP contribution in [0.1, 0.15) is 39.4 Å². The van der Waals surface area contributed by atoms with Gasteiger partial charge in [-0.05, 0) is 67.1 Å². The van der Waals surface area contributed by atoms with E-state index in [2.05, 4.69) is 79.4 Å². The second kappa shape index (κ2) is 6.08. The molecule has 1 unspecified atom stereocenters. The topological polar surface area (TPSA) is 38.0 Å². The van der Waals surface area contributed by atoms with Gasteiger partial charge < -0.3 is 0 Å². The molecule has 106 valence electrons. The van der Waals surface area contributed by atoms with Crippen LogP contribution in [0.4, 0.5) is 0 Å². The summed E-state index contributed by atoms with van der Waals surface area (Å²) >= 11 is 3.54. The zero-order valence-electron chi connectivity index (χ0n) is 12.4. The summed E-state index contributed by atoms with van der Waals surface area (Å²) in [4.78, 5) is 0. The Morgan fingerprint density at radius 1 is 0.900 bits per heavy atom. The minimum Gasteiger partial charge on any atom is -0.271 e. The lowest BCUT2D eigenvalue weighted by Gasteiger charge is -2.21. The average molecular weight is 333 g/mol. The predicted octanol–water partition coefficient (Wildman–Crippen LogP) is 4.24. The smallest absolute Gasteiger partial charge is 0.0712 e. The Morgan fingerprint density at radius 3 is 2.15 bits per heavy atom. The zero-order valence-corrected chi connectivity index (χ0v) is 14.0. The molecule has 0 aromatic heterocycles. The lowest BCUT2D eigenvalue weighted by atomic mass is 9.91. The van der Waals surface area contributed by atoms with Crippen LogP contribution in [-0.2, 0) is 0 Å². The van der Waals surface area contributed by atoms with Crippen LogP contribution in [0.2, 0.25) is 0 Å². The van der Waals surface area contributed by atoms with Crippen molar-refractivity contribution in [1.82, 2.24) is 5.43 Å². The molecule has 0 spiro atoms. The molecule has 0 bridgehead atoms. The highest BCUT2D eigenvalue weighted by molar-refractivity contribution is 9.10. The molecule has 0 heterocycles. The van der Waals surface area contributed by atoms with Gasteiger partial charge in [0.1, 0.15) is 0 Å². The molecule has 2 aromatic rings. The number of hydrogen-bond donors (Lipinski definition) is 2. The van der Waals surface area contributed by atoms with Crippen molar-refractivity contribution in [3.8, 4) is 0 Å². The molecule has 3 N–H and O–H groups in total. The number of hydrogen-bond acceptors (Lipinski definition) is 2. The number of hydrazine groups is 1. The van der Waals surface area contributed by atoms with Crippen molar-refractivity contribution in [1.29, 1.82) is 0 Å². The maximum atomic E-state index is 5.82. The SMILES string of the molecule is Cc1cc(C)c(C(NN)c2ccc(Br)c(C)c2)cc1C. The van der Waals surface area contributed by atoms with E-state index in [1.54, 1.807) is 0 Å². The van der Waals surface area contributed by atoms with Gasteiger partial charge in [0.15, 0.2) is 0 Å². The van der Waals surface area contributed by atoms with Gasteiger partial charge in [-0.15, -0.1) is 0 Å². The highest BCUT2D eigenvalue weighted by Gasteiger charge is 2.16. The third-order valence-corrected chi connectivity index (χ3v) is 4.77. The highest BCUT2D eigenvalue weighted by atomic mass is 79.9. The standard InChI is InChI=1S/C17H21BrN2/c1-10-7-12(3)15(9-11(10)2)17(20-19)14-5-6-16(18)13(4)8-14/h5-9,17,20H,19H2,1-4H3. The largest absolute Gasteiger partial charge is 0.271 e. The summed E-state index contributed by atoms with van der Waals surface area (Å²) < 4.78 is 1.12. The summed E-state index contributed by atoms with van der Waals surface area (Å²) in [5.74, 6) is 5.82. The molecule has 2 rings (SSSR count). The van der Waals surface area contributed by atoms with Crippen LogP contribution in [0.25, 0.3) is 0 Å². The van der Waals surface area contributed by atoms with Crippen LogP contribution in [0.15, 0.2) is 34.8 Å². The fourth-order valence-corrected chi connectivity index (χ4v) is 2.75. The maximum absolute atomic E-state index is 5.82. The van der Waals surface area contributed by atoms with Gasteiger partial charge in [-0.2, -0.15) is 0 Å². The van der Waals surface area contributed by atoms with E-state index in [0.29, 0.717) is 0 Å². The van der Waals surface area contributed by atoms with Crippen molar-refractivity contribution in [3.05, 3.63) is 68.2 Å². The molecule has 3 heteroatoms. The number of rotatable bonds is 3. The van der Waals surface area contributed by atoms with Gasteiger partial charge >= 0.3 is 0 Å². The second-order valence-electron chi connectivity index (χ2n) is 5.40. The van der Waals surface area contributed by atoms with Gasteiger partial charge in [0.05, 0.1) is 6.04 Å². The van der Waals surface area contributed by atoms with Crippen LogP contribution in [0.5, 0.6) is 0 Å². The number of nitrogens with two attached hydrogens (primary N) is 1. The zero-order chi connectivity index (χ0) is 14.9. The van der Waals surface area contributed by atoms with Gasteiger partial charge in [-0.1, -0.05) is 40.2 Å². The van der Waals surface area contributed by atoms with Gasteiger partial charge in [0.2, 0.25) is 0 Å². The summed E-state index contributed by atoms with van der Waals surface area (Å²) in [6.07, 6.45) is 0. The Kier molecular flexibility index (Phi) is 4.63. The highest BCUT2D eigenvalue weighted by Crippen LogP contribution is 2.29. The molecular weight excluding hydrogens is 312 g/mol.